The van der Waals surface area contributed by atoms with Gasteiger partial charge in [-0.15, -0.1) is 0 Å². The smallest absolute Gasteiger partial charge is 0.323 e. The number of nitrogens with zero attached hydrogens (tertiary/aromatic N) is 3. The molecule has 0 aliphatic heterocycles. The topological polar surface area (TPSA) is 155 Å². The van der Waals surface area contributed by atoms with E-state index >= 15 is 0 Å². The summed E-state index contributed by atoms with van der Waals surface area (Å²) in [5.74, 6) is -0.0588. The molecule has 2 heterocycles. The van der Waals surface area contributed by atoms with Crippen LogP contribution in [0.5, 0.6) is 0 Å². The quantitative estimate of drug-likeness (QED) is 0.228. The number of aliphatic hydroxyl groups excluding tert-OH is 2. The van der Waals surface area contributed by atoms with Crippen LogP contribution in [0, 0.1) is 13.8 Å². The SMILES string of the molecule is Cc1c(-c2noc(CO)n2)cccc1-c1cccc(-c2nc3cc(CN[C@H](CO)C(=O)O)ccc3o2)c1C. The largest absolute Gasteiger partial charge is 0.480 e. The van der Waals surface area contributed by atoms with Gasteiger partial charge in [0.1, 0.15) is 18.2 Å². The molecule has 0 bridgehead atoms. The van der Waals surface area contributed by atoms with Crippen molar-refractivity contribution in [2.24, 2.45) is 0 Å². The highest BCUT2D eigenvalue weighted by molar-refractivity contribution is 5.83. The van der Waals surface area contributed by atoms with Crippen molar-refractivity contribution in [3.05, 3.63) is 77.2 Å². The van der Waals surface area contributed by atoms with E-state index in [9.17, 15) is 15.0 Å². The molecule has 10 nitrogen and oxygen atoms in total. The number of nitrogens with one attached hydrogen (secondary N) is 1. The summed E-state index contributed by atoms with van der Waals surface area (Å²) >= 11 is 0. The number of fused-ring (bicyclic) bond motifs is 1. The van der Waals surface area contributed by atoms with Gasteiger partial charge in [-0.3, -0.25) is 10.1 Å². The molecular formula is C28H26N4O6. The van der Waals surface area contributed by atoms with Crippen molar-refractivity contribution >= 4 is 17.1 Å². The van der Waals surface area contributed by atoms with E-state index in [0.717, 1.165) is 38.9 Å². The highest BCUT2D eigenvalue weighted by Crippen LogP contribution is 2.36. The predicted octanol–water partition coefficient (Wildman–Crippen LogP) is 3.86. The zero-order valence-corrected chi connectivity index (χ0v) is 20.8. The zero-order valence-electron chi connectivity index (χ0n) is 20.8. The first-order chi connectivity index (χ1) is 18.4. The van der Waals surface area contributed by atoms with Crippen molar-refractivity contribution in [3.63, 3.8) is 0 Å². The summed E-state index contributed by atoms with van der Waals surface area (Å²) in [5, 5.41) is 34.4. The lowest BCUT2D eigenvalue weighted by Crippen LogP contribution is -2.39. The number of carboxylic acid groups (broad SMARTS) is 1. The molecule has 1 atom stereocenters. The summed E-state index contributed by atoms with van der Waals surface area (Å²) in [6.07, 6.45) is 0. The van der Waals surface area contributed by atoms with Crippen molar-refractivity contribution in [1.82, 2.24) is 20.4 Å². The number of aliphatic carboxylic acids is 1. The third-order valence-corrected chi connectivity index (χ3v) is 6.52. The Balaban J connectivity index is 1.47. The lowest BCUT2D eigenvalue weighted by atomic mass is 9.91. The summed E-state index contributed by atoms with van der Waals surface area (Å²) in [4.78, 5) is 20.1. The molecule has 3 aromatic carbocycles. The van der Waals surface area contributed by atoms with Crippen LogP contribution in [-0.2, 0) is 17.9 Å². The molecule has 0 aliphatic carbocycles. The number of aliphatic hydroxyl groups is 2. The van der Waals surface area contributed by atoms with Crippen LogP contribution in [0.1, 0.15) is 22.6 Å². The van der Waals surface area contributed by atoms with E-state index in [1.54, 1.807) is 6.07 Å². The van der Waals surface area contributed by atoms with Gasteiger partial charge in [0.15, 0.2) is 5.58 Å². The summed E-state index contributed by atoms with van der Waals surface area (Å²) < 4.78 is 11.2. The van der Waals surface area contributed by atoms with Crippen molar-refractivity contribution in [3.8, 4) is 34.0 Å². The van der Waals surface area contributed by atoms with Crippen LogP contribution < -0.4 is 5.32 Å². The number of benzene rings is 3. The maximum atomic E-state index is 11.1. The fourth-order valence-electron chi connectivity index (χ4n) is 4.43. The average Bonchev–Trinajstić information content (AvgIpc) is 3.56. The normalized spacial score (nSPS) is 12.2. The lowest BCUT2D eigenvalue weighted by molar-refractivity contribution is -0.140. The van der Waals surface area contributed by atoms with Gasteiger partial charge in [0, 0.05) is 17.7 Å². The van der Waals surface area contributed by atoms with Gasteiger partial charge >= 0.3 is 5.97 Å². The fraction of sp³-hybridized carbons (Fsp3) is 0.214. The van der Waals surface area contributed by atoms with Crippen molar-refractivity contribution < 1.29 is 29.1 Å². The molecule has 2 aromatic heterocycles. The third kappa shape index (κ3) is 4.80. The third-order valence-electron chi connectivity index (χ3n) is 6.52. The molecule has 0 spiro atoms. The van der Waals surface area contributed by atoms with E-state index in [1.807, 2.05) is 62.4 Å². The van der Waals surface area contributed by atoms with Gasteiger partial charge in [-0.1, -0.05) is 41.6 Å². The van der Waals surface area contributed by atoms with Gasteiger partial charge in [-0.2, -0.15) is 4.98 Å². The molecule has 0 amide bonds. The molecule has 194 valence electrons. The van der Waals surface area contributed by atoms with E-state index in [2.05, 4.69) is 15.5 Å². The van der Waals surface area contributed by atoms with Gasteiger partial charge in [0.2, 0.25) is 11.7 Å². The van der Waals surface area contributed by atoms with Crippen LogP contribution >= 0.6 is 0 Å². The second-order valence-corrected chi connectivity index (χ2v) is 8.90. The highest BCUT2D eigenvalue weighted by atomic mass is 16.5. The number of hydrogen-bond acceptors (Lipinski definition) is 9. The second-order valence-electron chi connectivity index (χ2n) is 8.90. The van der Waals surface area contributed by atoms with Gasteiger partial charge in [-0.25, -0.2) is 4.98 Å². The van der Waals surface area contributed by atoms with Crippen molar-refractivity contribution in [2.75, 3.05) is 6.61 Å². The Morgan fingerprint density at radius 2 is 1.63 bits per heavy atom. The van der Waals surface area contributed by atoms with Crippen LogP contribution in [0.2, 0.25) is 0 Å². The number of aromatic nitrogens is 3. The predicted molar refractivity (Wildman–Crippen MR) is 139 cm³/mol. The minimum Gasteiger partial charge on any atom is -0.480 e. The molecule has 0 unspecified atom stereocenters. The first kappa shape index (κ1) is 25.3. The minimum absolute atomic E-state index is 0.160. The van der Waals surface area contributed by atoms with Crippen LogP contribution in [-0.4, -0.2) is 49.1 Å². The Bertz CT molecular complexity index is 1620. The van der Waals surface area contributed by atoms with Gasteiger partial charge in [0.25, 0.3) is 5.89 Å². The zero-order chi connectivity index (χ0) is 26.8. The Morgan fingerprint density at radius 1 is 0.947 bits per heavy atom. The molecule has 10 heteroatoms. The Labute approximate surface area is 217 Å². The molecule has 0 fully saturated rings. The number of rotatable bonds is 9. The van der Waals surface area contributed by atoms with E-state index < -0.39 is 18.6 Å². The highest BCUT2D eigenvalue weighted by Gasteiger charge is 2.19. The minimum atomic E-state index is -1.11. The summed E-state index contributed by atoms with van der Waals surface area (Å²) in [6.45, 7) is 3.45. The molecule has 0 radical (unpaired) electrons. The monoisotopic (exact) mass is 514 g/mol. The number of carboxylic acids is 1. The molecule has 0 saturated carbocycles. The van der Waals surface area contributed by atoms with Gasteiger partial charge < -0.3 is 24.3 Å². The molecule has 5 rings (SSSR count). The van der Waals surface area contributed by atoms with Crippen molar-refractivity contribution in [1.29, 1.82) is 0 Å². The van der Waals surface area contributed by atoms with Gasteiger partial charge in [-0.05, 0) is 59.9 Å². The van der Waals surface area contributed by atoms with Gasteiger partial charge in [0.05, 0.1) is 6.61 Å². The summed E-state index contributed by atoms with van der Waals surface area (Å²) in [6, 6.07) is 16.2. The Morgan fingerprint density at radius 3 is 2.29 bits per heavy atom. The van der Waals surface area contributed by atoms with Crippen LogP contribution in [0.4, 0.5) is 0 Å². The molecule has 0 aliphatic rings. The average molecular weight is 515 g/mol. The van der Waals surface area contributed by atoms with Crippen LogP contribution in [0.3, 0.4) is 0 Å². The number of carbonyl (C=O) groups is 1. The standard InChI is InChI=1S/C28H26N4O6/c1-15-18(5-3-7-20(15)26-31-25(14-34)38-32-26)19-6-4-8-21(16(19)2)27-30-22-11-17(9-10-24(22)37-27)12-29-23(13-33)28(35)36/h3-11,23,29,33-34H,12-14H2,1-2H3,(H,35,36)/t23-/m1/s1. The molecule has 5 aromatic rings. The van der Waals surface area contributed by atoms with Crippen LogP contribution in [0.25, 0.3) is 45.1 Å². The summed E-state index contributed by atoms with van der Waals surface area (Å²) in [5.41, 5.74) is 7.69. The molecule has 0 saturated heterocycles. The second kappa shape index (κ2) is 10.5. The number of oxazole rings is 1. The van der Waals surface area contributed by atoms with E-state index in [-0.39, 0.29) is 19.0 Å². The maximum Gasteiger partial charge on any atom is 0.323 e. The van der Waals surface area contributed by atoms with E-state index in [4.69, 9.17) is 19.0 Å². The lowest BCUT2D eigenvalue weighted by Gasteiger charge is -2.13. The maximum absolute atomic E-state index is 11.1. The summed E-state index contributed by atoms with van der Waals surface area (Å²) in [7, 11) is 0. The molecule has 38 heavy (non-hydrogen) atoms. The Kier molecular flexibility index (Phi) is 7.01. The van der Waals surface area contributed by atoms with Crippen LogP contribution in [0.15, 0.2) is 63.5 Å². The first-order valence-corrected chi connectivity index (χ1v) is 12.0. The van der Waals surface area contributed by atoms with Crippen molar-refractivity contribution in [2.45, 2.75) is 33.0 Å². The van der Waals surface area contributed by atoms with E-state index in [1.165, 1.54) is 0 Å². The Hall–Kier alpha value is -4.38. The fourth-order valence-corrected chi connectivity index (χ4v) is 4.43. The number of hydrogen-bond donors (Lipinski definition) is 4. The molecule has 4 N–H and O–H groups in total. The van der Waals surface area contributed by atoms with E-state index in [0.29, 0.717) is 22.8 Å². The first-order valence-electron chi connectivity index (χ1n) is 12.0. The molecular weight excluding hydrogens is 488 g/mol.